The van der Waals surface area contributed by atoms with Crippen LogP contribution in [0, 0.1) is 11.8 Å². The van der Waals surface area contributed by atoms with Crippen LogP contribution in [-0.4, -0.2) is 16.9 Å². The van der Waals surface area contributed by atoms with Crippen molar-refractivity contribution < 1.29 is 14.8 Å². The lowest BCUT2D eigenvalue weighted by molar-refractivity contribution is -0.139. The molecule has 0 aliphatic carbocycles. The van der Waals surface area contributed by atoms with E-state index in [1.165, 1.54) is 6.92 Å². The van der Waals surface area contributed by atoms with Crippen molar-refractivity contribution in [3.63, 3.8) is 0 Å². The molecule has 13 heavy (non-hydrogen) atoms. The molecule has 0 spiro atoms. The number of ketones is 1. The molecule has 0 saturated heterocycles. The average Bonchev–Trinajstić information content (AvgIpc) is 2.12. The van der Waals surface area contributed by atoms with Gasteiger partial charge >= 0.3 is 0 Å². The molecule has 4 nitrogen and oxygen atoms in total. The second-order valence-electron chi connectivity index (χ2n) is 3.12. The number of amides is 1. The summed E-state index contributed by atoms with van der Waals surface area (Å²) in [5.41, 5.74) is 1.59. The summed E-state index contributed by atoms with van der Waals surface area (Å²) in [7, 11) is 0. The molecule has 0 aliphatic rings. The van der Waals surface area contributed by atoms with Gasteiger partial charge < -0.3 is 0 Å². The van der Waals surface area contributed by atoms with Gasteiger partial charge in [0.1, 0.15) is 5.78 Å². The van der Waals surface area contributed by atoms with Crippen molar-refractivity contribution in [1.82, 2.24) is 5.48 Å². The van der Waals surface area contributed by atoms with E-state index in [-0.39, 0.29) is 11.7 Å². The van der Waals surface area contributed by atoms with Gasteiger partial charge in [-0.2, -0.15) is 0 Å². The Kier molecular flexibility index (Phi) is 5.30. The minimum absolute atomic E-state index is 0.00190. The van der Waals surface area contributed by atoms with Crippen molar-refractivity contribution in [1.29, 1.82) is 0 Å². The molecule has 0 heterocycles. The van der Waals surface area contributed by atoms with Crippen LogP contribution in [-0.2, 0) is 9.59 Å². The third kappa shape index (κ3) is 3.14. The first-order chi connectivity index (χ1) is 6.08. The van der Waals surface area contributed by atoms with Crippen molar-refractivity contribution in [3.8, 4) is 0 Å². The van der Waals surface area contributed by atoms with Crippen molar-refractivity contribution in [2.45, 2.75) is 33.6 Å². The predicted molar refractivity (Wildman–Crippen MR) is 48.2 cm³/mol. The maximum atomic E-state index is 11.1. The van der Waals surface area contributed by atoms with Gasteiger partial charge in [0.25, 0.3) is 0 Å². The lowest BCUT2D eigenvalue weighted by atomic mass is 9.85. The first kappa shape index (κ1) is 12.1. The molecule has 0 aliphatic heterocycles. The highest BCUT2D eigenvalue weighted by atomic mass is 16.5. The quantitative estimate of drug-likeness (QED) is 0.501. The van der Waals surface area contributed by atoms with E-state index in [1.807, 2.05) is 13.8 Å². The van der Waals surface area contributed by atoms with Crippen LogP contribution < -0.4 is 5.48 Å². The highest BCUT2D eigenvalue weighted by molar-refractivity contribution is 5.86. The average molecular weight is 187 g/mol. The summed E-state index contributed by atoms with van der Waals surface area (Å²) < 4.78 is 0. The highest BCUT2D eigenvalue weighted by Gasteiger charge is 2.28. The molecule has 2 atom stereocenters. The summed E-state index contributed by atoms with van der Waals surface area (Å²) in [5, 5.41) is 8.45. The van der Waals surface area contributed by atoms with Gasteiger partial charge in [-0.3, -0.25) is 14.8 Å². The number of hydrogen-bond acceptors (Lipinski definition) is 3. The SMILES string of the molecule is CC[C@H](C(C)=O)[C@H](CC)C(=O)NO. The summed E-state index contributed by atoms with van der Waals surface area (Å²) >= 11 is 0. The predicted octanol–water partition coefficient (Wildman–Crippen LogP) is 1.13. The minimum atomic E-state index is -0.468. The summed E-state index contributed by atoms with van der Waals surface area (Å²) in [6.07, 6.45) is 1.19. The number of rotatable bonds is 5. The number of carbonyl (C=O) groups excluding carboxylic acids is 2. The molecule has 0 aromatic carbocycles. The van der Waals surface area contributed by atoms with Gasteiger partial charge in [-0.05, 0) is 19.8 Å². The Bertz CT molecular complexity index is 191. The molecule has 0 bridgehead atoms. The number of nitrogens with one attached hydrogen (secondary N) is 1. The van der Waals surface area contributed by atoms with Crippen LogP contribution in [0.5, 0.6) is 0 Å². The standard InChI is InChI=1S/C9H17NO3/c1-4-7(6(3)11)8(5-2)9(12)10-13/h7-8,13H,4-5H2,1-3H3,(H,10,12)/t7-,8+/m1/s1. The smallest absolute Gasteiger partial charge is 0.247 e. The van der Waals surface area contributed by atoms with Crippen LogP contribution in [0.2, 0.25) is 0 Å². The number of hydrogen-bond donors (Lipinski definition) is 2. The van der Waals surface area contributed by atoms with Gasteiger partial charge in [0.15, 0.2) is 0 Å². The Morgan fingerprint density at radius 1 is 1.23 bits per heavy atom. The number of Topliss-reactive ketones (excluding diaryl/α,β-unsaturated/α-hetero) is 1. The molecule has 76 valence electrons. The molecule has 4 heteroatoms. The molecular weight excluding hydrogens is 170 g/mol. The zero-order valence-electron chi connectivity index (χ0n) is 8.33. The maximum absolute atomic E-state index is 11.1. The van der Waals surface area contributed by atoms with E-state index in [2.05, 4.69) is 0 Å². The van der Waals surface area contributed by atoms with E-state index < -0.39 is 11.8 Å². The molecule has 0 rings (SSSR count). The van der Waals surface area contributed by atoms with Crippen molar-refractivity contribution in [3.05, 3.63) is 0 Å². The molecule has 0 aromatic rings. The summed E-state index contributed by atoms with van der Waals surface area (Å²) in [6, 6.07) is 0. The number of hydroxylamine groups is 1. The van der Waals surface area contributed by atoms with Crippen molar-refractivity contribution in [2.75, 3.05) is 0 Å². The van der Waals surface area contributed by atoms with E-state index in [0.717, 1.165) is 0 Å². The normalized spacial score (nSPS) is 14.8. The van der Waals surface area contributed by atoms with Crippen molar-refractivity contribution in [2.24, 2.45) is 11.8 Å². The summed E-state index contributed by atoms with van der Waals surface area (Å²) in [5.74, 6) is -1.16. The molecule has 0 unspecified atom stereocenters. The van der Waals surface area contributed by atoms with Crippen molar-refractivity contribution >= 4 is 11.7 Å². The third-order valence-corrected chi connectivity index (χ3v) is 2.33. The monoisotopic (exact) mass is 187 g/mol. The van der Waals surface area contributed by atoms with Gasteiger partial charge in [0.2, 0.25) is 5.91 Å². The summed E-state index contributed by atoms with van der Waals surface area (Å²) in [6.45, 7) is 5.16. The van der Waals surface area contributed by atoms with Gasteiger partial charge in [0.05, 0.1) is 0 Å². The van der Waals surface area contributed by atoms with E-state index in [0.29, 0.717) is 12.8 Å². The first-order valence-corrected chi connectivity index (χ1v) is 4.52. The molecule has 0 aromatic heterocycles. The Balaban J connectivity index is 4.52. The zero-order valence-corrected chi connectivity index (χ0v) is 8.33. The summed E-state index contributed by atoms with van der Waals surface area (Å²) in [4.78, 5) is 22.3. The van der Waals surface area contributed by atoms with Crippen LogP contribution >= 0.6 is 0 Å². The Morgan fingerprint density at radius 2 is 1.69 bits per heavy atom. The highest BCUT2D eigenvalue weighted by Crippen LogP contribution is 2.20. The van der Waals surface area contributed by atoms with Crippen LogP contribution in [0.4, 0.5) is 0 Å². The van der Waals surface area contributed by atoms with E-state index >= 15 is 0 Å². The molecule has 0 fully saturated rings. The fraction of sp³-hybridized carbons (Fsp3) is 0.778. The lowest BCUT2D eigenvalue weighted by Crippen LogP contribution is -2.35. The van der Waals surface area contributed by atoms with E-state index in [4.69, 9.17) is 5.21 Å². The second-order valence-corrected chi connectivity index (χ2v) is 3.12. The molecular formula is C9H17NO3. The Labute approximate surface area is 78.3 Å². The van der Waals surface area contributed by atoms with Crippen LogP contribution in [0.25, 0.3) is 0 Å². The molecule has 0 radical (unpaired) electrons. The number of carbonyl (C=O) groups is 2. The van der Waals surface area contributed by atoms with Crippen LogP contribution in [0.3, 0.4) is 0 Å². The van der Waals surface area contributed by atoms with Gasteiger partial charge in [-0.25, -0.2) is 5.48 Å². The van der Waals surface area contributed by atoms with Gasteiger partial charge in [-0.15, -0.1) is 0 Å². The minimum Gasteiger partial charge on any atom is -0.300 e. The van der Waals surface area contributed by atoms with E-state index in [9.17, 15) is 9.59 Å². The molecule has 1 amide bonds. The molecule has 2 N–H and O–H groups in total. The van der Waals surface area contributed by atoms with Gasteiger partial charge in [-0.1, -0.05) is 13.8 Å². The topological polar surface area (TPSA) is 66.4 Å². The molecule has 0 saturated carbocycles. The third-order valence-electron chi connectivity index (χ3n) is 2.33. The van der Waals surface area contributed by atoms with E-state index in [1.54, 1.807) is 5.48 Å². The van der Waals surface area contributed by atoms with Gasteiger partial charge in [0, 0.05) is 11.8 Å². The van der Waals surface area contributed by atoms with Crippen LogP contribution in [0.1, 0.15) is 33.6 Å². The fourth-order valence-corrected chi connectivity index (χ4v) is 1.59. The van der Waals surface area contributed by atoms with Crippen LogP contribution in [0.15, 0.2) is 0 Å². The fourth-order valence-electron chi connectivity index (χ4n) is 1.59. The zero-order chi connectivity index (χ0) is 10.4. The second kappa shape index (κ2) is 5.70. The Hall–Kier alpha value is -0.900. The Morgan fingerprint density at radius 3 is 1.92 bits per heavy atom. The largest absolute Gasteiger partial charge is 0.300 e. The first-order valence-electron chi connectivity index (χ1n) is 4.52. The lowest BCUT2D eigenvalue weighted by Gasteiger charge is -2.20. The maximum Gasteiger partial charge on any atom is 0.247 e.